The maximum absolute atomic E-state index is 12.2. The van der Waals surface area contributed by atoms with Gasteiger partial charge in [-0.05, 0) is 48.0 Å². The lowest BCUT2D eigenvalue weighted by Gasteiger charge is -2.38. The maximum Gasteiger partial charge on any atom is 0.410 e. The molecule has 1 heterocycles. The van der Waals surface area contributed by atoms with Gasteiger partial charge in [0.1, 0.15) is 11.2 Å². The van der Waals surface area contributed by atoms with Gasteiger partial charge in [0.15, 0.2) is 0 Å². The molecule has 1 fully saturated rings. The van der Waals surface area contributed by atoms with Gasteiger partial charge in [0.2, 0.25) is 0 Å². The van der Waals surface area contributed by atoms with Gasteiger partial charge >= 0.3 is 18.2 Å². The number of nitrogens with one attached hydrogen (secondary N) is 1. The van der Waals surface area contributed by atoms with E-state index in [0.717, 1.165) is 0 Å². The van der Waals surface area contributed by atoms with Crippen LogP contribution in [-0.4, -0.2) is 60.5 Å². The van der Waals surface area contributed by atoms with E-state index < -0.39 is 41.3 Å². The van der Waals surface area contributed by atoms with Crippen LogP contribution in [0.15, 0.2) is 0 Å². The molecule has 144 valence electrons. The summed E-state index contributed by atoms with van der Waals surface area (Å²) < 4.78 is 15.4. The molecular weight excluding hydrogens is 328 g/mol. The molecule has 0 bridgehead atoms. The van der Waals surface area contributed by atoms with Gasteiger partial charge in [0.05, 0.1) is 13.0 Å². The zero-order valence-electron chi connectivity index (χ0n) is 16.2. The number of methoxy groups -OCH3 is 1. The van der Waals surface area contributed by atoms with Crippen molar-refractivity contribution < 1.29 is 28.6 Å². The fraction of sp³-hybridized carbons (Fsp3) is 0.824. The van der Waals surface area contributed by atoms with Gasteiger partial charge in [-0.1, -0.05) is 0 Å². The summed E-state index contributed by atoms with van der Waals surface area (Å²) in [6.07, 6.45) is -0.688. The molecule has 2 amide bonds. The molecule has 8 heteroatoms. The molecule has 1 aliphatic heterocycles. The van der Waals surface area contributed by atoms with Crippen LogP contribution >= 0.6 is 0 Å². The van der Waals surface area contributed by atoms with Gasteiger partial charge < -0.3 is 24.4 Å². The Morgan fingerprint density at radius 2 is 1.56 bits per heavy atom. The predicted molar refractivity (Wildman–Crippen MR) is 91.1 cm³/mol. The molecule has 1 N–H and O–H groups in total. The maximum atomic E-state index is 12.2. The summed E-state index contributed by atoms with van der Waals surface area (Å²) in [4.78, 5) is 37.8. The Bertz CT molecular complexity index is 506. The summed E-state index contributed by atoms with van der Waals surface area (Å²) in [6, 6.07) is -0.471. The number of piperidine rings is 1. The van der Waals surface area contributed by atoms with Crippen molar-refractivity contribution in [3.63, 3.8) is 0 Å². The molecule has 0 aromatic rings. The van der Waals surface area contributed by atoms with Crippen LogP contribution in [0.25, 0.3) is 0 Å². The molecule has 0 aliphatic carbocycles. The first-order chi connectivity index (χ1) is 11.3. The second-order valence-corrected chi connectivity index (χ2v) is 8.10. The van der Waals surface area contributed by atoms with Crippen molar-refractivity contribution in [1.82, 2.24) is 10.2 Å². The Morgan fingerprint density at radius 1 is 1.00 bits per heavy atom. The van der Waals surface area contributed by atoms with E-state index in [1.54, 1.807) is 41.5 Å². The summed E-state index contributed by atoms with van der Waals surface area (Å²) in [5, 5.41) is 2.71. The van der Waals surface area contributed by atoms with Gasteiger partial charge in [-0.25, -0.2) is 9.59 Å². The van der Waals surface area contributed by atoms with Crippen LogP contribution in [0.1, 0.15) is 48.0 Å². The van der Waals surface area contributed by atoms with Crippen LogP contribution in [0, 0.1) is 5.92 Å². The normalized spacial score (nSPS) is 21.3. The van der Waals surface area contributed by atoms with Gasteiger partial charge in [0.25, 0.3) is 0 Å². The van der Waals surface area contributed by atoms with Gasteiger partial charge in [-0.15, -0.1) is 0 Å². The number of hydrogen-bond acceptors (Lipinski definition) is 6. The summed E-state index contributed by atoms with van der Waals surface area (Å²) in [7, 11) is 1.28. The molecule has 1 saturated heterocycles. The van der Waals surface area contributed by atoms with Gasteiger partial charge in [-0.3, -0.25) is 4.79 Å². The van der Waals surface area contributed by atoms with Crippen molar-refractivity contribution in [1.29, 1.82) is 0 Å². The Balaban J connectivity index is 2.78. The van der Waals surface area contributed by atoms with Crippen molar-refractivity contribution in [2.24, 2.45) is 5.92 Å². The second-order valence-electron chi connectivity index (χ2n) is 8.10. The number of nitrogens with zero attached hydrogens (tertiary/aromatic N) is 1. The zero-order chi connectivity index (χ0) is 19.4. The highest BCUT2D eigenvalue weighted by Crippen LogP contribution is 2.22. The van der Waals surface area contributed by atoms with Crippen molar-refractivity contribution >= 4 is 18.2 Å². The lowest BCUT2D eigenvalue weighted by Crippen LogP contribution is -2.56. The van der Waals surface area contributed by atoms with E-state index >= 15 is 0 Å². The van der Waals surface area contributed by atoms with E-state index in [1.807, 2.05) is 0 Å². The molecule has 0 unspecified atom stereocenters. The SMILES string of the molecule is COC(=O)[C@@H]1CN(C(=O)OC(C)(C)C)CC[C@H]1NC(=O)OC(C)(C)C. The number of likely N-dealkylation sites (tertiary alicyclic amines) is 1. The minimum absolute atomic E-state index is 0.113. The molecule has 0 aromatic carbocycles. The molecule has 2 atom stereocenters. The molecule has 1 rings (SSSR count). The second kappa shape index (κ2) is 7.93. The number of esters is 1. The van der Waals surface area contributed by atoms with E-state index in [-0.39, 0.29) is 6.54 Å². The van der Waals surface area contributed by atoms with Crippen LogP contribution in [0.5, 0.6) is 0 Å². The molecule has 8 nitrogen and oxygen atoms in total. The smallest absolute Gasteiger partial charge is 0.410 e. The first kappa shape index (κ1) is 21.1. The van der Waals surface area contributed by atoms with E-state index in [1.165, 1.54) is 12.0 Å². The fourth-order valence-electron chi connectivity index (χ4n) is 2.47. The van der Waals surface area contributed by atoms with Crippen molar-refractivity contribution in [3.8, 4) is 0 Å². The molecule has 1 aliphatic rings. The van der Waals surface area contributed by atoms with Crippen LogP contribution < -0.4 is 5.32 Å². The van der Waals surface area contributed by atoms with Crippen LogP contribution in [0.2, 0.25) is 0 Å². The molecule has 0 spiro atoms. The number of alkyl carbamates (subject to hydrolysis) is 1. The largest absolute Gasteiger partial charge is 0.469 e. The lowest BCUT2D eigenvalue weighted by molar-refractivity contribution is -0.148. The Kier molecular flexibility index (Phi) is 6.68. The molecular formula is C17H30N2O6. The number of hydrogen-bond donors (Lipinski definition) is 1. The van der Waals surface area contributed by atoms with Gasteiger partial charge in [-0.2, -0.15) is 0 Å². The monoisotopic (exact) mass is 358 g/mol. The molecule has 0 saturated carbocycles. The highest BCUT2D eigenvalue weighted by molar-refractivity contribution is 5.77. The van der Waals surface area contributed by atoms with E-state index in [2.05, 4.69) is 5.32 Å². The lowest BCUT2D eigenvalue weighted by atomic mass is 9.92. The third kappa shape index (κ3) is 7.19. The average Bonchev–Trinajstić information content (AvgIpc) is 2.42. The third-order valence-electron chi connectivity index (χ3n) is 3.47. The minimum atomic E-state index is -0.682. The standard InChI is InChI=1S/C17H30N2O6/c1-16(2,3)24-14(21)18-12-8-9-19(10-11(12)13(20)23-7)15(22)25-17(4,5)6/h11-12H,8-10H2,1-7H3,(H,18,21)/t11-,12-/m1/s1. The number of rotatable bonds is 2. The molecule has 25 heavy (non-hydrogen) atoms. The van der Waals surface area contributed by atoms with E-state index in [9.17, 15) is 14.4 Å². The van der Waals surface area contributed by atoms with E-state index in [0.29, 0.717) is 13.0 Å². The van der Waals surface area contributed by atoms with E-state index in [4.69, 9.17) is 14.2 Å². The fourth-order valence-corrected chi connectivity index (χ4v) is 2.47. The Morgan fingerprint density at radius 3 is 2.04 bits per heavy atom. The highest BCUT2D eigenvalue weighted by atomic mass is 16.6. The summed E-state index contributed by atoms with van der Waals surface area (Å²) >= 11 is 0. The molecule has 0 radical (unpaired) electrons. The highest BCUT2D eigenvalue weighted by Gasteiger charge is 2.39. The van der Waals surface area contributed by atoms with Crippen LogP contribution in [-0.2, 0) is 19.0 Å². The number of carbonyl (C=O) groups excluding carboxylic acids is 3. The predicted octanol–water partition coefficient (Wildman–Crippen LogP) is 2.31. The van der Waals surface area contributed by atoms with Crippen LogP contribution in [0.3, 0.4) is 0 Å². The Hall–Kier alpha value is -1.99. The number of amides is 2. The van der Waals surface area contributed by atoms with Gasteiger partial charge in [0, 0.05) is 19.1 Å². The minimum Gasteiger partial charge on any atom is -0.469 e. The summed E-state index contributed by atoms with van der Waals surface area (Å²) in [6.45, 7) is 11.1. The van der Waals surface area contributed by atoms with Crippen molar-refractivity contribution in [2.45, 2.75) is 65.2 Å². The molecule has 0 aromatic heterocycles. The van der Waals surface area contributed by atoms with Crippen molar-refractivity contribution in [3.05, 3.63) is 0 Å². The quantitative estimate of drug-likeness (QED) is 0.601. The van der Waals surface area contributed by atoms with Crippen LogP contribution in [0.4, 0.5) is 9.59 Å². The Labute approximate surface area is 149 Å². The summed E-state index contributed by atoms with van der Waals surface area (Å²) in [5.41, 5.74) is -1.26. The number of ether oxygens (including phenoxy) is 3. The topological polar surface area (TPSA) is 94.2 Å². The number of carbonyl (C=O) groups is 3. The first-order valence-electron chi connectivity index (χ1n) is 8.37. The van der Waals surface area contributed by atoms with Crippen molar-refractivity contribution in [2.75, 3.05) is 20.2 Å². The third-order valence-corrected chi connectivity index (χ3v) is 3.47. The average molecular weight is 358 g/mol. The zero-order valence-corrected chi connectivity index (χ0v) is 16.2. The first-order valence-corrected chi connectivity index (χ1v) is 8.37. The summed E-state index contributed by atoms with van der Waals surface area (Å²) in [5.74, 6) is -1.17.